The van der Waals surface area contributed by atoms with Gasteiger partial charge in [0.05, 0.1) is 24.7 Å². The van der Waals surface area contributed by atoms with Crippen molar-refractivity contribution >= 4 is 5.91 Å². The normalized spacial score (nSPS) is 19.6. The number of rotatable bonds is 6. The SMILES string of the molecule is COC[C@@H]1CN(C(=O)Cc2cccc(OCC#N)c2)CC(C)(C)O1. The first-order chi connectivity index (χ1) is 11.4. The molecule has 6 nitrogen and oxygen atoms in total. The second-order valence-electron chi connectivity index (χ2n) is 6.50. The molecule has 2 rings (SSSR count). The van der Waals surface area contributed by atoms with Gasteiger partial charge in [0.1, 0.15) is 11.8 Å². The van der Waals surface area contributed by atoms with Crippen LogP contribution in [0.3, 0.4) is 0 Å². The highest BCUT2D eigenvalue weighted by atomic mass is 16.5. The molecule has 1 heterocycles. The van der Waals surface area contributed by atoms with Gasteiger partial charge < -0.3 is 19.1 Å². The first-order valence-electron chi connectivity index (χ1n) is 7.97. The van der Waals surface area contributed by atoms with Gasteiger partial charge in [0.25, 0.3) is 0 Å². The molecule has 1 aliphatic rings. The van der Waals surface area contributed by atoms with E-state index >= 15 is 0 Å². The molecule has 0 aromatic heterocycles. The molecule has 0 N–H and O–H groups in total. The highest BCUT2D eigenvalue weighted by molar-refractivity contribution is 5.79. The Labute approximate surface area is 142 Å². The summed E-state index contributed by atoms with van der Waals surface area (Å²) >= 11 is 0. The van der Waals surface area contributed by atoms with E-state index in [1.54, 1.807) is 19.2 Å². The lowest BCUT2D eigenvalue weighted by molar-refractivity contribution is -0.168. The van der Waals surface area contributed by atoms with Gasteiger partial charge in [0, 0.05) is 20.2 Å². The summed E-state index contributed by atoms with van der Waals surface area (Å²) in [5, 5.41) is 8.57. The van der Waals surface area contributed by atoms with Crippen LogP contribution in [0, 0.1) is 11.3 Å². The number of hydrogen-bond donors (Lipinski definition) is 0. The number of methoxy groups -OCH3 is 1. The number of nitrogens with zero attached hydrogens (tertiary/aromatic N) is 2. The summed E-state index contributed by atoms with van der Waals surface area (Å²) in [6.45, 7) is 5.49. The molecule has 0 bridgehead atoms. The lowest BCUT2D eigenvalue weighted by Crippen LogP contribution is -2.56. The molecule has 0 saturated carbocycles. The van der Waals surface area contributed by atoms with Crippen molar-refractivity contribution < 1.29 is 19.0 Å². The largest absolute Gasteiger partial charge is 0.479 e. The van der Waals surface area contributed by atoms with E-state index in [2.05, 4.69) is 0 Å². The molecule has 24 heavy (non-hydrogen) atoms. The van der Waals surface area contributed by atoms with Gasteiger partial charge in [0.15, 0.2) is 6.61 Å². The van der Waals surface area contributed by atoms with Crippen LogP contribution in [0.5, 0.6) is 5.75 Å². The van der Waals surface area contributed by atoms with Crippen molar-refractivity contribution in [2.45, 2.75) is 32.0 Å². The molecule has 0 aliphatic carbocycles. The van der Waals surface area contributed by atoms with Crippen LogP contribution in [0.4, 0.5) is 0 Å². The third kappa shape index (κ3) is 5.22. The molecule has 1 amide bonds. The molecule has 1 fully saturated rings. The van der Waals surface area contributed by atoms with Gasteiger partial charge in [-0.2, -0.15) is 5.26 Å². The van der Waals surface area contributed by atoms with Gasteiger partial charge in [-0.3, -0.25) is 4.79 Å². The van der Waals surface area contributed by atoms with E-state index in [1.807, 2.05) is 36.9 Å². The van der Waals surface area contributed by atoms with Crippen LogP contribution >= 0.6 is 0 Å². The van der Waals surface area contributed by atoms with Crippen molar-refractivity contribution in [2.24, 2.45) is 0 Å². The number of benzene rings is 1. The quantitative estimate of drug-likeness (QED) is 0.794. The maximum Gasteiger partial charge on any atom is 0.227 e. The van der Waals surface area contributed by atoms with Crippen molar-refractivity contribution in [3.05, 3.63) is 29.8 Å². The van der Waals surface area contributed by atoms with Crippen molar-refractivity contribution in [3.8, 4) is 11.8 Å². The topological polar surface area (TPSA) is 71.8 Å². The highest BCUT2D eigenvalue weighted by Gasteiger charge is 2.35. The minimum Gasteiger partial charge on any atom is -0.479 e. The van der Waals surface area contributed by atoms with Crippen LogP contribution in [-0.2, 0) is 20.7 Å². The third-order valence-electron chi connectivity index (χ3n) is 3.74. The maximum atomic E-state index is 12.7. The Morgan fingerprint density at radius 1 is 1.50 bits per heavy atom. The fraction of sp³-hybridized carbons (Fsp3) is 0.556. The Morgan fingerprint density at radius 2 is 2.29 bits per heavy atom. The Morgan fingerprint density at radius 3 is 3.00 bits per heavy atom. The summed E-state index contributed by atoms with van der Waals surface area (Å²) in [6.07, 6.45) is 0.174. The average molecular weight is 332 g/mol. The van der Waals surface area contributed by atoms with Crippen LogP contribution in [-0.4, -0.2) is 55.9 Å². The predicted octanol–water partition coefficient (Wildman–Crippen LogP) is 1.78. The monoisotopic (exact) mass is 332 g/mol. The average Bonchev–Trinajstić information content (AvgIpc) is 2.52. The smallest absolute Gasteiger partial charge is 0.227 e. The molecule has 1 saturated heterocycles. The molecule has 130 valence electrons. The van der Waals surface area contributed by atoms with Crippen molar-refractivity contribution in [2.75, 3.05) is 33.4 Å². The molecule has 0 radical (unpaired) electrons. The zero-order chi connectivity index (χ0) is 17.6. The number of hydrogen-bond acceptors (Lipinski definition) is 5. The Kier molecular flexibility index (Phi) is 6.18. The highest BCUT2D eigenvalue weighted by Crippen LogP contribution is 2.22. The van der Waals surface area contributed by atoms with Crippen LogP contribution in [0.25, 0.3) is 0 Å². The Balaban J connectivity index is 2.02. The lowest BCUT2D eigenvalue weighted by atomic mass is 10.0. The molecule has 0 spiro atoms. The van der Waals surface area contributed by atoms with Gasteiger partial charge in [-0.15, -0.1) is 0 Å². The summed E-state index contributed by atoms with van der Waals surface area (Å²) in [7, 11) is 1.63. The number of nitriles is 1. The van der Waals surface area contributed by atoms with Crippen LogP contribution in [0.1, 0.15) is 19.4 Å². The standard InChI is InChI=1S/C18H24N2O4/c1-18(2)13-20(11-16(24-18)12-22-3)17(21)10-14-5-4-6-15(9-14)23-8-7-19/h4-6,9,16H,8,10-13H2,1-3H3/t16-/m0/s1. The van der Waals surface area contributed by atoms with Gasteiger partial charge >= 0.3 is 0 Å². The predicted molar refractivity (Wildman–Crippen MR) is 88.7 cm³/mol. The van der Waals surface area contributed by atoms with Crippen LogP contribution < -0.4 is 4.74 Å². The molecule has 1 atom stereocenters. The number of ether oxygens (including phenoxy) is 3. The van der Waals surface area contributed by atoms with E-state index in [9.17, 15) is 4.79 Å². The summed E-state index contributed by atoms with van der Waals surface area (Å²) in [5.41, 5.74) is 0.470. The summed E-state index contributed by atoms with van der Waals surface area (Å²) < 4.78 is 16.4. The summed E-state index contributed by atoms with van der Waals surface area (Å²) in [5.74, 6) is 0.645. The van der Waals surface area contributed by atoms with E-state index in [4.69, 9.17) is 19.5 Å². The molecular formula is C18H24N2O4. The van der Waals surface area contributed by atoms with E-state index in [0.29, 0.717) is 31.9 Å². The molecule has 1 aromatic rings. The van der Waals surface area contributed by atoms with Gasteiger partial charge in [-0.05, 0) is 31.5 Å². The summed E-state index contributed by atoms with van der Waals surface area (Å²) in [4.78, 5) is 14.5. The Bertz CT molecular complexity index is 609. The Hall–Kier alpha value is -2.10. The lowest BCUT2D eigenvalue weighted by Gasteiger charge is -2.42. The van der Waals surface area contributed by atoms with E-state index < -0.39 is 5.60 Å². The van der Waals surface area contributed by atoms with Gasteiger partial charge in [-0.25, -0.2) is 0 Å². The molecule has 6 heteroatoms. The first kappa shape index (κ1) is 18.2. The zero-order valence-corrected chi connectivity index (χ0v) is 14.4. The number of carbonyl (C=O) groups excluding carboxylic acids is 1. The van der Waals surface area contributed by atoms with E-state index in [1.165, 1.54) is 0 Å². The fourth-order valence-corrected chi connectivity index (χ4v) is 2.91. The molecule has 1 aliphatic heterocycles. The maximum absolute atomic E-state index is 12.7. The van der Waals surface area contributed by atoms with Crippen LogP contribution in [0.15, 0.2) is 24.3 Å². The second kappa shape index (κ2) is 8.13. The number of carbonyl (C=O) groups is 1. The van der Waals surface area contributed by atoms with Crippen LogP contribution in [0.2, 0.25) is 0 Å². The minimum absolute atomic E-state index is 0.00620. The van der Waals surface area contributed by atoms with Crippen molar-refractivity contribution in [3.63, 3.8) is 0 Å². The minimum atomic E-state index is -0.394. The molecular weight excluding hydrogens is 308 g/mol. The van der Waals surface area contributed by atoms with Gasteiger partial charge in [0.2, 0.25) is 5.91 Å². The first-order valence-corrected chi connectivity index (χ1v) is 7.97. The number of amides is 1. The molecule has 0 unspecified atom stereocenters. The number of morpholine rings is 1. The third-order valence-corrected chi connectivity index (χ3v) is 3.74. The zero-order valence-electron chi connectivity index (χ0n) is 14.4. The summed E-state index contributed by atoms with van der Waals surface area (Å²) in [6, 6.07) is 9.22. The van der Waals surface area contributed by atoms with Crippen molar-refractivity contribution in [1.82, 2.24) is 4.90 Å². The van der Waals surface area contributed by atoms with E-state index in [0.717, 1.165) is 5.56 Å². The fourth-order valence-electron chi connectivity index (χ4n) is 2.91. The van der Waals surface area contributed by atoms with Crippen molar-refractivity contribution in [1.29, 1.82) is 5.26 Å². The second-order valence-corrected chi connectivity index (χ2v) is 6.50. The van der Waals surface area contributed by atoms with E-state index in [-0.39, 0.29) is 18.6 Å². The molecule has 1 aromatic carbocycles. The van der Waals surface area contributed by atoms with Gasteiger partial charge in [-0.1, -0.05) is 12.1 Å².